The van der Waals surface area contributed by atoms with Crippen LogP contribution in [0.5, 0.6) is 0 Å². The first-order valence-corrected chi connectivity index (χ1v) is 6.77. The molecule has 3 aromatic rings. The highest BCUT2D eigenvalue weighted by Gasteiger charge is 2.08. The molecule has 0 saturated heterocycles. The molecule has 3 heteroatoms. The third kappa shape index (κ3) is 2.36. The zero-order valence-electron chi connectivity index (χ0n) is 11.1. The van der Waals surface area contributed by atoms with E-state index in [0.717, 1.165) is 35.1 Å². The minimum Gasteiger partial charge on any atom is -0.251 e. The van der Waals surface area contributed by atoms with Gasteiger partial charge in [0.2, 0.25) is 0 Å². The van der Waals surface area contributed by atoms with Gasteiger partial charge in [-0.15, -0.1) is 0 Å². The number of aromatic nitrogens is 3. The first-order chi connectivity index (χ1) is 9.38. The highest BCUT2D eigenvalue weighted by atomic mass is 15.3. The second-order valence-corrected chi connectivity index (χ2v) is 4.70. The van der Waals surface area contributed by atoms with Crippen LogP contribution in [0.25, 0.3) is 16.6 Å². The maximum atomic E-state index is 4.81. The van der Waals surface area contributed by atoms with Crippen LogP contribution in [0, 0.1) is 0 Å². The Hall–Kier alpha value is -2.16. The van der Waals surface area contributed by atoms with Crippen LogP contribution in [0.1, 0.15) is 25.5 Å². The largest absolute Gasteiger partial charge is 0.251 e. The van der Waals surface area contributed by atoms with Crippen molar-refractivity contribution in [3.05, 3.63) is 54.5 Å². The molecule has 1 aromatic carbocycles. The Labute approximate surface area is 112 Å². The third-order valence-corrected chi connectivity index (χ3v) is 3.30. The number of para-hydroxylation sites is 1. The van der Waals surface area contributed by atoms with Gasteiger partial charge < -0.3 is 0 Å². The van der Waals surface area contributed by atoms with Crippen molar-refractivity contribution in [2.24, 2.45) is 0 Å². The minimum absolute atomic E-state index is 0.997. The molecule has 0 spiro atoms. The SMILES string of the molecule is CCCCc1nc2ccccc2cc1-n1cccn1. The maximum Gasteiger partial charge on any atom is 0.0867 e. The smallest absolute Gasteiger partial charge is 0.0867 e. The summed E-state index contributed by atoms with van der Waals surface area (Å²) in [6.07, 6.45) is 7.10. The number of fused-ring (bicyclic) bond motifs is 1. The summed E-state index contributed by atoms with van der Waals surface area (Å²) in [6.45, 7) is 2.20. The van der Waals surface area contributed by atoms with Gasteiger partial charge in [-0.3, -0.25) is 4.98 Å². The molecule has 0 unspecified atom stereocenters. The van der Waals surface area contributed by atoms with Gasteiger partial charge >= 0.3 is 0 Å². The highest BCUT2D eigenvalue weighted by molar-refractivity contribution is 5.81. The number of pyridine rings is 1. The van der Waals surface area contributed by atoms with E-state index >= 15 is 0 Å². The zero-order chi connectivity index (χ0) is 13.1. The fourth-order valence-electron chi connectivity index (χ4n) is 2.28. The highest BCUT2D eigenvalue weighted by Crippen LogP contribution is 2.21. The van der Waals surface area contributed by atoms with Gasteiger partial charge in [-0.2, -0.15) is 5.10 Å². The Morgan fingerprint density at radius 3 is 2.84 bits per heavy atom. The first kappa shape index (κ1) is 11.9. The van der Waals surface area contributed by atoms with Crippen molar-refractivity contribution in [3.63, 3.8) is 0 Å². The van der Waals surface area contributed by atoms with Crippen molar-refractivity contribution in [2.75, 3.05) is 0 Å². The van der Waals surface area contributed by atoms with E-state index in [2.05, 4.69) is 30.2 Å². The van der Waals surface area contributed by atoms with E-state index in [9.17, 15) is 0 Å². The molecule has 0 aliphatic heterocycles. The number of nitrogens with zero attached hydrogens (tertiary/aromatic N) is 3. The number of hydrogen-bond acceptors (Lipinski definition) is 2. The molecule has 0 fully saturated rings. The summed E-state index contributed by atoms with van der Waals surface area (Å²) in [6, 6.07) is 12.4. The molecule has 0 bridgehead atoms. The maximum absolute atomic E-state index is 4.81. The lowest BCUT2D eigenvalue weighted by Crippen LogP contribution is -2.03. The van der Waals surface area contributed by atoms with Crippen LogP contribution in [-0.2, 0) is 6.42 Å². The lowest BCUT2D eigenvalue weighted by atomic mass is 10.1. The normalized spacial score (nSPS) is 11.0. The molecule has 0 saturated carbocycles. The number of unbranched alkanes of at least 4 members (excludes halogenated alkanes) is 1. The zero-order valence-corrected chi connectivity index (χ0v) is 11.1. The molecule has 2 heterocycles. The number of aryl methyl sites for hydroxylation is 1. The van der Waals surface area contributed by atoms with Crippen molar-refractivity contribution in [1.82, 2.24) is 14.8 Å². The monoisotopic (exact) mass is 251 g/mol. The Morgan fingerprint density at radius 2 is 2.05 bits per heavy atom. The summed E-state index contributed by atoms with van der Waals surface area (Å²) in [4.78, 5) is 4.81. The van der Waals surface area contributed by atoms with Gasteiger partial charge in [-0.1, -0.05) is 31.5 Å². The predicted octanol–water partition coefficient (Wildman–Crippen LogP) is 3.76. The summed E-state index contributed by atoms with van der Waals surface area (Å²) < 4.78 is 1.91. The topological polar surface area (TPSA) is 30.7 Å². The number of rotatable bonds is 4. The molecule has 2 aromatic heterocycles. The van der Waals surface area contributed by atoms with Gasteiger partial charge in [0.05, 0.1) is 16.9 Å². The van der Waals surface area contributed by atoms with Crippen LogP contribution in [0.15, 0.2) is 48.8 Å². The number of hydrogen-bond donors (Lipinski definition) is 0. The van der Waals surface area contributed by atoms with E-state index in [1.54, 1.807) is 6.20 Å². The molecule has 0 atom stereocenters. The summed E-state index contributed by atoms with van der Waals surface area (Å²) in [5, 5.41) is 5.50. The molecule has 96 valence electrons. The van der Waals surface area contributed by atoms with Crippen LogP contribution in [-0.4, -0.2) is 14.8 Å². The quantitative estimate of drug-likeness (QED) is 0.706. The van der Waals surface area contributed by atoms with E-state index in [1.165, 1.54) is 6.42 Å². The lowest BCUT2D eigenvalue weighted by Gasteiger charge is -2.10. The van der Waals surface area contributed by atoms with Crippen LogP contribution >= 0.6 is 0 Å². The van der Waals surface area contributed by atoms with Crippen LogP contribution in [0.2, 0.25) is 0 Å². The Balaban J connectivity index is 2.15. The Morgan fingerprint density at radius 1 is 1.16 bits per heavy atom. The van der Waals surface area contributed by atoms with Gasteiger partial charge in [0.15, 0.2) is 0 Å². The number of benzene rings is 1. The summed E-state index contributed by atoms with van der Waals surface area (Å²) >= 11 is 0. The van der Waals surface area contributed by atoms with Crippen LogP contribution < -0.4 is 0 Å². The van der Waals surface area contributed by atoms with Gasteiger partial charge in [0, 0.05) is 17.8 Å². The standard InChI is InChI=1S/C16H17N3/c1-2-3-8-15-16(19-11-6-10-17-19)12-13-7-4-5-9-14(13)18-15/h4-7,9-12H,2-3,8H2,1H3. The molecule has 0 aliphatic rings. The molecule has 0 aliphatic carbocycles. The summed E-state index contributed by atoms with van der Waals surface area (Å²) in [5.74, 6) is 0. The average molecular weight is 251 g/mol. The van der Waals surface area contributed by atoms with E-state index in [4.69, 9.17) is 4.98 Å². The fourth-order valence-corrected chi connectivity index (χ4v) is 2.28. The second kappa shape index (κ2) is 5.22. The Bertz CT molecular complexity index is 672. The van der Waals surface area contributed by atoms with Crippen molar-refractivity contribution in [1.29, 1.82) is 0 Å². The summed E-state index contributed by atoms with van der Waals surface area (Å²) in [5.41, 5.74) is 3.28. The predicted molar refractivity (Wildman–Crippen MR) is 77.5 cm³/mol. The van der Waals surface area contributed by atoms with Gasteiger partial charge in [-0.05, 0) is 31.0 Å². The Kier molecular flexibility index (Phi) is 3.27. The molecule has 0 radical (unpaired) electrons. The molecule has 3 rings (SSSR count). The third-order valence-electron chi connectivity index (χ3n) is 3.30. The lowest BCUT2D eigenvalue weighted by molar-refractivity contribution is 0.760. The van der Waals surface area contributed by atoms with Crippen LogP contribution in [0.4, 0.5) is 0 Å². The van der Waals surface area contributed by atoms with Crippen molar-refractivity contribution in [3.8, 4) is 5.69 Å². The molecular formula is C16H17N3. The molecule has 0 N–H and O–H groups in total. The van der Waals surface area contributed by atoms with Crippen LogP contribution in [0.3, 0.4) is 0 Å². The van der Waals surface area contributed by atoms with E-state index < -0.39 is 0 Å². The van der Waals surface area contributed by atoms with E-state index in [-0.39, 0.29) is 0 Å². The van der Waals surface area contributed by atoms with Crippen molar-refractivity contribution >= 4 is 10.9 Å². The van der Waals surface area contributed by atoms with Crippen molar-refractivity contribution in [2.45, 2.75) is 26.2 Å². The molecule has 19 heavy (non-hydrogen) atoms. The van der Waals surface area contributed by atoms with E-state index in [1.807, 2.05) is 29.1 Å². The first-order valence-electron chi connectivity index (χ1n) is 6.77. The molecule has 3 nitrogen and oxygen atoms in total. The van der Waals surface area contributed by atoms with E-state index in [0.29, 0.717) is 0 Å². The van der Waals surface area contributed by atoms with Gasteiger partial charge in [-0.25, -0.2) is 4.68 Å². The molecule has 0 amide bonds. The minimum atomic E-state index is 0.997. The van der Waals surface area contributed by atoms with Gasteiger partial charge in [0.1, 0.15) is 0 Å². The molecular weight excluding hydrogens is 234 g/mol. The average Bonchev–Trinajstić information content (AvgIpc) is 2.98. The second-order valence-electron chi connectivity index (χ2n) is 4.70. The van der Waals surface area contributed by atoms with Gasteiger partial charge in [0.25, 0.3) is 0 Å². The summed E-state index contributed by atoms with van der Waals surface area (Å²) in [7, 11) is 0. The van der Waals surface area contributed by atoms with Crippen molar-refractivity contribution < 1.29 is 0 Å². The fraction of sp³-hybridized carbons (Fsp3) is 0.250.